The van der Waals surface area contributed by atoms with Crippen LogP contribution in [0.2, 0.25) is 0 Å². The second-order valence-corrected chi connectivity index (χ2v) is 9.74. The Kier molecular flexibility index (Phi) is 7.31. The van der Waals surface area contributed by atoms with Crippen molar-refractivity contribution >= 4 is 33.6 Å². The van der Waals surface area contributed by atoms with E-state index in [1.165, 1.54) is 49.5 Å². The maximum atomic E-state index is 13.8. The fourth-order valence-corrected chi connectivity index (χ4v) is 4.80. The molecule has 0 spiro atoms. The van der Waals surface area contributed by atoms with Crippen molar-refractivity contribution in [3.05, 3.63) is 83.8 Å². The molecule has 43 heavy (non-hydrogen) atoms. The zero-order chi connectivity index (χ0) is 31.3. The number of benzene rings is 3. The van der Waals surface area contributed by atoms with Crippen LogP contribution in [0.3, 0.4) is 0 Å². The number of halogens is 8. The maximum Gasteiger partial charge on any atom is 0.459 e. The third-order valence-electron chi connectivity index (χ3n) is 7.03. The number of nitrogens with one attached hydrogen (secondary N) is 2. The van der Waals surface area contributed by atoms with Crippen LogP contribution in [0, 0.1) is 5.82 Å². The van der Waals surface area contributed by atoms with Crippen LogP contribution in [0.25, 0.3) is 44.3 Å². The van der Waals surface area contributed by atoms with Gasteiger partial charge in [0.1, 0.15) is 17.2 Å². The number of fused-ring (bicyclic) bond motifs is 3. The van der Waals surface area contributed by atoms with E-state index in [0.29, 0.717) is 38.6 Å². The summed E-state index contributed by atoms with van der Waals surface area (Å²) in [6, 6.07) is 14.0. The van der Waals surface area contributed by atoms with Gasteiger partial charge in [-0.1, -0.05) is 18.2 Å². The molecule has 1 amide bonds. The van der Waals surface area contributed by atoms with Gasteiger partial charge in [0.25, 0.3) is 5.91 Å². The monoisotopic (exact) mass is 608 g/mol. The molecule has 0 aliphatic rings. The normalized spacial score (nSPS) is 12.7. The molecular weight excluding hydrogens is 588 g/mol. The third kappa shape index (κ3) is 5.12. The van der Waals surface area contributed by atoms with Gasteiger partial charge in [0.15, 0.2) is 5.78 Å². The summed E-state index contributed by atoms with van der Waals surface area (Å²) in [6.45, 7) is 0. The van der Waals surface area contributed by atoms with Gasteiger partial charge in [-0.2, -0.15) is 30.7 Å². The SMILES string of the molecule is CNC(=O)c1c(-c2ccc(F)cc2)oc2c1cc(-c1cccc(C(=O)CCC(F)(F)C(F)(F)C(F)(F)F)c1)c1[nH]ccc12. The Morgan fingerprint density at radius 3 is 2.23 bits per heavy atom. The van der Waals surface area contributed by atoms with E-state index in [1.54, 1.807) is 24.4 Å². The third-order valence-corrected chi connectivity index (χ3v) is 7.03. The Bertz CT molecular complexity index is 1850. The molecule has 0 fully saturated rings. The van der Waals surface area contributed by atoms with Crippen molar-refractivity contribution in [3.63, 3.8) is 0 Å². The van der Waals surface area contributed by atoms with Gasteiger partial charge >= 0.3 is 18.0 Å². The van der Waals surface area contributed by atoms with Crippen molar-refractivity contribution in [1.29, 1.82) is 0 Å². The van der Waals surface area contributed by atoms with E-state index in [1.807, 2.05) is 0 Å². The van der Waals surface area contributed by atoms with Crippen molar-refractivity contribution in [1.82, 2.24) is 10.3 Å². The van der Waals surface area contributed by atoms with Gasteiger partial charge in [-0.15, -0.1) is 0 Å². The number of Topliss-reactive ketones (excluding diaryl/α,β-unsaturated/α-hetero) is 1. The molecule has 0 bridgehead atoms. The van der Waals surface area contributed by atoms with Crippen LogP contribution < -0.4 is 5.32 Å². The summed E-state index contributed by atoms with van der Waals surface area (Å²) in [5.41, 5.74) is 1.95. The van der Waals surface area contributed by atoms with Gasteiger partial charge in [-0.3, -0.25) is 9.59 Å². The average molecular weight is 608 g/mol. The van der Waals surface area contributed by atoms with Crippen molar-refractivity contribution in [2.75, 3.05) is 7.05 Å². The molecule has 2 aromatic heterocycles. The fraction of sp³-hybridized carbons (Fsp3) is 0.200. The number of aromatic amines is 1. The lowest BCUT2D eigenvalue weighted by atomic mass is 9.94. The summed E-state index contributed by atoms with van der Waals surface area (Å²) >= 11 is 0. The van der Waals surface area contributed by atoms with Gasteiger partial charge in [0.05, 0.1) is 11.1 Å². The van der Waals surface area contributed by atoms with Crippen LogP contribution in [0.1, 0.15) is 33.6 Å². The number of carbonyl (C=O) groups excluding carboxylic acids is 2. The Morgan fingerprint density at radius 1 is 0.884 bits per heavy atom. The minimum atomic E-state index is -6.49. The first-order valence-corrected chi connectivity index (χ1v) is 12.7. The van der Waals surface area contributed by atoms with E-state index in [2.05, 4.69) is 10.3 Å². The van der Waals surface area contributed by atoms with E-state index in [-0.39, 0.29) is 16.9 Å². The van der Waals surface area contributed by atoms with Crippen LogP contribution in [-0.2, 0) is 0 Å². The van der Waals surface area contributed by atoms with Gasteiger partial charge in [0.2, 0.25) is 0 Å². The van der Waals surface area contributed by atoms with Crippen LogP contribution in [-0.4, -0.2) is 41.7 Å². The van der Waals surface area contributed by atoms with Crippen molar-refractivity contribution in [3.8, 4) is 22.5 Å². The number of alkyl halides is 7. The standard InChI is InChI=1S/C30H20F8N2O3/c1-39-27(42)23-21-14-20(24-19(10-12-40-24)26(21)43-25(23)15-5-7-18(31)8-6-15)16-3-2-4-17(13-16)22(41)9-11-28(32,33)29(34,35)30(36,37)38/h2-8,10,12-14,40H,9,11H2,1H3,(H,39,42). The number of carbonyl (C=O) groups is 2. The van der Waals surface area contributed by atoms with E-state index >= 15 is 0 Å². The molecule has 2 N–H and O–H groups in total. The molecule has 0 atom stereocenters. The topological polar surface area (TPSA) is 75.1 Å². The highest BCUT2D eigenvalue weighted by Crippen LogP contribution is 2.48. The number of hydrogen-bond donors (Lipinski definition) is 2. The van der Waals surface area contributed by atoms with Crippen LogP contribution in [0.5, 0.6) is 0 Å². The molecule has 0 radical (unpaired) electrons. The van der Waals surface area contributed by atoms with E-state index in [9.17, 15) is 44.7 Å². The number of furan rings is 1. The van der Waals surface area contributed by atoms with Gasteiger partial charge in [-0.25, -0.2) is 4.39 Å². The molecule has 0 saturated heterocycles. The molecule has 3 aromatic carbocycles. The van der Waals surface area contributed by atoms with Crippen LogP contribution in [0.15, 0.2) is 71.3 Å². The summed E-state index contributed by atoms with van der Waals surface area (Å²) in [6.07, 6.45) is -8.20. The molecule has 0 aliphatic carbocycles. The van der Waals surface area contributed by atoms with E-state index < -0.39 is 48.4 Å². The van der Waals surface area contributed by atoms with Crippen molar-refractivity contribution < 1.29 is 49.1 Å². The Labute approximate surface area is 237 Å². The highest BCUT2D eigenvalue weighted by molar-refractivity contribution is 6.19. The molecule has 0 aliphatic heterocycles. The summed E-state index contributed by atoms with van der Waals surface area (Å²) in [7, 11) is 1.41. The highest BCUT2D eigenvalue weighted by Gasteiger charge is 2.72. The first-order valence-electron chi connectivity index (χ1n) is 12.7. The van der Waals surface area contributed by atoms with Crippen LogP contribution in [0.4, 0.5) is 35.1 Å². The van der Waals surface area contributed by atoms with Crippen molar-refractivity contribution in [2.45, 2.75) is 30.9 Å². The Balaban J connectivity index is 1.57. The Morgan fingerprint density at radius 2 is 1.58 bits per heavy atom. The predicted molar refractivity (Wildman–Crippen MR) is 142 cm³/mol. The summed E-state index contributed by atoms with van der Waals surface area (Å²) < 4.78 is 111. The highest BCUT2D eigenvalue weighted by atomic mass is 19.4. The lowest BCUT2D eigenvalue weighted by Crippen LogP contribution is -2.52. The largest absolute Gasteiger partial charge is 0.459 e. The van der Waals surface area contributed by atoms with Gasteiger partial charge in [0, 0.05) is 53.5 Å². The first-order chi connectivity index (χ1) is 20.2. The zero-order valence-corrected chi connectivity index (χ0v) is 22.0. The zero-order valence-electron chi connectivity index (χ0n) is 22.0. The summed E-state index contributed by atoms with van der Waals surface area (Å²) in [5, 5.41) is 3.42. The number of rotatable bonds is 8. The molecule has 5 nitrogen and oxygen atoms in total. The number of aromatic nitrogens is 1. The molecular formula is C30H20F8N2O3. The number of ketones is 1. The molecule has 13 heteroatoms. The van der Waals surface area contributed by atoms with Crippen LogP contribution >= 0.6 is 0 Å². The maximum absolute atomic E-state index is 13.8. The quantitative estimate of drug-likeness (QED) is 0.137. The van der Waals surface area contributed by atoms with Gasteiger partial charge in [-0.05, 0) is 48.0 Å². The second kappa shape index (κ2) is 10.5. The minimum absolute atomic E-state index is 0.133. The second-order valence-electron chi connectivity index (χ2n) is 9.74. The number of H-pyrrole nitrogens is 1. The molecule has 0 saturated carbocycles. The minimum Gasteiger partial charge on any atom is -0.454 e. The number of hydrogen-bond acceptors (Lipinski definition) is 3. The lowest BCUT2D eigenvalue weighted by Gasteiger charge is -2.27. The molecule has 2 heterocycles. The number of amides is 1. The van der Waals surface area contributed by atoms with E-state index in [4.69, 9.17) is 4.42 Å². The molecule has 224 valence electrons. The Hall–Kier alpha value is -4.68. The first kappa shape index (κ1) is 29.8. The summed E-state index contributed by atoms with van der Waals surface area (Å²) in [5.74, 6) is -13.7. The summed E-state index contributed by atoms with van der Waals surface area (Å²) in [4.78, 5) is 28.7. The lowest BCUT2D eigenvalue weighted by molar-refractivity contribution is -0.355. The average Bonchev–Trinajstić information content (AvgIpc) is 3.60. The molecule has 0 unspecified atom stereocenters. The predicted octanol–water partition coefficient (Wildman–Crippen LogP) is 8.54. The smallest absolute Gasteiger partial charge is 0.454 e. The van der Waals surface area contributed by atoms with Crippen molar-refractivity contribution in [2.24, 2.45) is 0 Å². The molecule has 5 aromatic rings. The molecule has 5 rings (SSSR count). The van der Waals surface area contributed by atoms with Gasteiger partial charge < -0.3 is 14.7 Å². The van der Waals surface area contributed by atoms with E-state index in [0.717, 1.165) is 0 Å². The fourth-order valence-electron chi connectivity index (χ4n) is 4.80.